The first kappa shape index (κ1) is 19.5. The number of hydrogen-bond donors (Lipinski definition) is 1. The Morgan fingerprint density at radius 2 is 2.00 bits per heavy atom. The van der Waals surface area contributed by atoms with E-state index >= 15 is 0 Å². The lowest BCUT2D eigenvalue weighted by Gasteiger charge is -2.09. The summed E-state index contributed by atoms with van der Waals surface area (Å²) in [6.07, 6.45) is 1.38. The molecule has 1 heterocycles. The number of halogens is 1. The van der Waals surface area contributed by atoms with Crippen LogP contribution in [0.3, 0.4) is 0 Å². The Kier molecular flexibility index (Phi) is 5.71. The number of nitrogens with one attached hydrogen (secondary N) is 1. The van der Waals surface area contributed by atoms with Crippen molar-refractivity contribution >= 4 is 35.7 Å². The summed E-state index contributed by atoms with van der Waals surface area (Å²) in [5.41, 5.74) is 0.950. The molecule has 0 spiro atoms. The van der Waals surface area contributed by atoms with Crippen LogP contribution in [-0.4, -0.2) is 40.2 Å². The molecule has 0 atom stereocenters. The highest BCUT2D eigenvalue weighted by Crippen LogP contribution is 2.31. The van der Waals surface area contributed by atoms with Crippen LogP contribution in [-0.2, 0) is 0 Å². The molecule has 0 unspecified atom stereocenters. The van der Waals surface area contributed by atoms with Crippen LogP contribution in [0.1, 0.15) is 5.56 Å². The average Bonchev–Trinajstić information content (AvgIpc) is 3.07. The molecule has 3 rings (SSSR count). The molecule has 1 aromatic heterocycles. The standard InChI is InChI=1S/C17H14ClN5O4S/c1-26-14-6-3-10(8-15(14)27-2)16-20-21-17(28)22(16)19-9-11-7-12(23(24)25)4-5-13(11)18/h3-9H,1-2H3,(H,21,28)/b19-9-. The van der Waals surface area contributed by atoms with Gasteiger partial charge >= 0.3 is 0 Å². The maximum absolute atomic E-state index is 11.0. The smallest absolute Gasteiger partial charge is 0.270 e. The molecule has 0 aliphatic rings. The Bertz CT molecular complexity index is 1120. The summed E-state index contributed by atoms with van der Waals surface area (Å²) >= 11 is 11.3. The molecule has 0 radical (unpaired) electrons. The van der Waals surface area contributed by atoms with Crippen molar-refractivity contribution in [2.24, 2.45) is 5.10 Å². The number of nitrogens with zero attached hydrogens (tertiary/aromatic N) is 4. The molecule has 11 heteroatoms. The van der Waals surface area contributed by atoms with Gasteiger partial charge in [0.25, 0.3) is 5.69 Å². The summed E-state index contributed by atoms with van der Waals surface area (Å²) in [7, 11) is 3.07. The highest BCUT2D eigenvalue weighted by molar-refractivity contribution is 7.71. The molecule has 9 nitrogen and oxygen atoms in total. The zero-order valence-corrected chi connectivity index (χ0v) is 16.3. The third kappa shape index (κ3) is 3.87. The minimum atomic E-state index is -0.508. The third-order valence-electron chi connectivity index (χ3n) is 3.79. The molecule has 2 aromatic carbocycles. The maximum Gasteiger partial charge on any atom is 0.270 e. The minimum Gasteiger partial charge on any atom is -0.493 e. The number of methoxy groups -OCH3 is 2. The van der Waals surface area contributed by atoms with E-state index in [9.17, 15) is 10.1 Å². The monoisotopic (exact) mass is 419 g/mol. The van der Waals surface area contributed by atoms with Gasteiger partial charge in [0, 0.05) is 28.3 Å². The quantitative estimate of drug-likeness (QED) is 0.279. The molecule has 0 aliphatic carbocycles. The van der Waals surface area contributed by atoms with E-state index < -0.39 is 4.92 Å². The minimum absolute atomic E-state index is 0.0956. The molecule has 0 saturated carbocycles. The Morgan fingerprint density at radius 1 is 1.25 bits per heavy atom. The van der Waals surface area contributed by atoms with E-state index in [1.54, 1.807) is 25.3 Å². The van der Waals surface area contributed by atoms with Crippen LogP contribution in [0.4, 0.5) is 5.69 Å². The van der Waals surface area contributed by atoms with E-state index in [2.05, 4.69) is 15.3 Å². The first-order chi connectivity index (χ1) is 13.4. The molecule has 144 valence electrons. The fourth-order valence-electron chi connectivity index (χ4n) is 2.42. The second-order valence-electron chi connectivity index (χ2n) is 5.44. The van der Waals surface area contributed by atoms with Gasteiger partial charge in [0.2, 0.25) is 4.77 Å². The van der Waals surface area contributed by atoms with Crippen LogP contribution >= 0.6 is 23.8 Å². The normalized spacial score (nSPS) is 11.0. The lowest BCUT2D eigenvalue weighted by Crippen LogP contribution is -1.97. The molecule has 0 fully saturated rings. The van der Waals surface area contributed by atoms with Crippen LogP contribution in [0, 0.1) is 14.9 Å². The van der Waals surface area contributed by atoms with Gasteiger partial charge in [-0.25, -0.2) is 5.10 Å². The lowest BCUT2D eigenvalue weighted by atomic mass is 10.2. The van der Waals surface area contributed by atoms with Gasteiger partial charge in [0.15, 0.2) is 17.3 Å². The number of nitro groups is 1. The maximum atomic E-state index is 11.0. The van der Waals surface area contributed by atoms with Crippen LogP contribution < -0.4 is 9.47 Å². The SMILES string of the molecule is COc1ccc(-c2n[nH]c(=S)n2/N=C\c2cc([N+](=O)[O-])ccc2Cl)cc1OC. The fourth-order valence-corrected chi connectivity index (χ4v) is 2.77. The van der Waals surface area contributed by atoms with Crippen LogP contribution in [0.25, 0.3) is 11.4 Å². The second kappa shape index (κ2) is 8.19. The number of non-ortho nitro benzene ring substituents is 1. The van der Waals surface area contributed by atoms with Gasteiger partial charge in [0.05, 0.1) is 25.4 Å². The van der Waals surface area contributed by atoms with Crippen molar-refractivity contribution in [1.29, 1.82) is 0 Å². The number of aromatic amines is 1. The number of ether oxygens (including phenoxy) is 2. The zero-order valence-electron chi connectivity index (χ0n) is 14.7. The van der Waals surface area contributed by atoms with Gasteiger partial charge < -0.3 is 9.47 Å². The summed E-state index contributed by atoms with van der Waals surface area (Å²) in [6, 6.07) is 9.32. The van der Waals surface area contributed by atoms with Crippen molar-refractivity contribution in [2.45, 2.75) is 0 Å². The van der Waals surface area contributed by atoms with Crippen LogP contribution in [0.15, 0.2) is 41.5 Å². The van der Waals surface area contributed by atoms with Gasteiger partial charge in [-0.15, -0.1) is 0 Å². The Balaban J connectivity index is 2.03. The summed E-state index contributed by atoms with van der Waals surface area (Å²) in [5.74, 6) is 1.51. The Labute approximate surface area is 169 Å². The van der Waals surface area contributed by atoms with Gasteiger partial charge in [0.1, 0.15) is 0 Å². The molecular formula is C17H14ClN5O4S. The molecule has 1 N–H and O–H groups in total. The second-order valence-corrected chi connectivity index (χ2v) is 6.24. The van der Waals surface area contributed by atoms with Gasteiger partial charge in [-0.3, -0.25) is 10.1 Å². The van der Waals surface area contributed by atoms with E-state index in [1.165, 1.54) is 36.2 Å². The van der Waals surface area contributed by atoms with E-state index in [0.717, 1.165) is 0 Å². The Morgan fingerprint density at radius 3 is 2.68 bits per heavy atom. The zero-order chi connectivity index (χ0) is 20.3. The van der Waals surface area contributed by atoms with Crippen molar-refractivity contribution in [2.75, 3.05) is 14.2 Å². The fraction of sp³-hybridized carbons (Fsp3) is 0.118. The predicted molar refractivity (Wildman–Crippen MR) is 107 cm³/mol. The van der Waals surface area contributed by atoms with Crippen molar-refractivity contribution in [3.63, 3.8) is 0 Å². The number of H-pyrrole nitrogens is 1. The molecule has 3 aromatic rings. The molecule has 0 amide bonds. The average molecular weight is 420 g/mol. The number of nitro benzene ring substituents is 1. The number of hydrogen-bond acceptors (Lipinski definition) is 7. The van der Waals surface area contributed by atoms with Crippen molar-refractivity contribution < 1.29 is 14.4 Å². The summed E-state index contributed by atoms with van der Waals surface area (Å²) in [5, 5.41) is 22.4. The molecule has 0 saturated heterocycles. The van der Waals surface area contributed by atoms with Gasteiger partial charge in [-0.1, -0.05) is 11.6 Å². The van der Waals surface area contributed by atoms with E-state index in [1.807, 2.05) is 0 Å². The summed E-state index contributed by atoms with van der Waals surface area (Å²) in [6.45, 7) is 0. The third-order valence-corrected chi connectivity index (χ3v) is 4.40. The highest BCUT2D eigenvalue weighted by Gasteiger charge is 2.13. The first-order valence-electron chi connectivity index (χ1n) is 7.82. The van der Waals surface area contributed by atoms with Gasteiger partial charge in [-0.2, -0.15) is 14.9 Å². The van der Waals surface area contributed by atoms with E-state index in [4.69, 9.17) is 33.3 Å². The molecular weight excluding hydrogens is 406 g/mol. The predicted octanol–water partition coefficient (Wildman–Crippen LogP) is 4.07. The number of benzene rings is 2. The Hall–Kier alpha value is -3.24. The molecule has 0 aliphatic heterocycles. The number of aromatic nitrogens is 3. The molecule has 28 heavy (non-hydrogen) atoms. The van der Waals surface area contributed by atoms with E-state index in [0.29, 0.717) is 33.5 Å². The summed E-state index contributed by atoms with van der Waals surface area (Å²) in [4.78, 5) is 10.5. The first-order valence-corrected chi connectivity index (χ1v) is 8.61. The lowest BCUT2D eigenvalue weighted by molar-refractivity contribution is -0.384. The number of rotatable bonds is 6. The van der Waals surface area contributed by atoms with Gasteiger partial charge in [-0.05, 0) is 36.5 Å². The van der Waals surface area contributed by atoms with Crippen LogP contribution in [0.2, 0.25) is 5.02 Å². The topological polar surface area (TPSA) is 108 Å². The largest absolute Gasteiger partial charge is 0.493 e. The molecule has 0 bridgehead atoms. The van der Waals surface area contributed by atoms with Crippen LogP contribution in [0.5, 0.6) is 11.5 Å². The van der Waals surface area contributed by atoms with E-state index in [-0.39, 0.29) is 10.5 Å². The highest BCUT2D eigenvalue weighted by atomic mass is 35.5. The van der Waals surface area contributed by atoms with Crippen molar-refractivity contribution in [3.8, 4) is 22.9 Å². The summed E-state index contributed by atoms with van der Waals surface area (Å²) < 4.78 is 12.2. The van der Waals surface area contributed by atoms with Crippen molar-refractivity contribution in [3.05, 3.63) is 61.9 Å². The van der Waals surface area contributed by atoms with Crippen molar-refractivity contribution in [1.82, 2.24) is 14.9 Å².